The molecule has 0 spiro atoms. The normalized spacial score (nSPS) is 13.3. The number of hydrogen-bond acceptors (Lipinski definition) is 4. The van der Waals surface area contributed by atoms with Gasteiger partial charge in [-0.05, 0) is 48.6 Å². The molecule has 1 aromatic heterocycles. The van der Waals surface area contributed by atoms with Gasteiger partial charge in [-0.3, -0.25) is 0 Å². The van der Waals surface area contributed by atoms with E-state index in [1.54, 1.807) is 19.9 Å². The lowest BCUT2D eigenvalue weighted by atomic mass is 10.1. The molecule has 114 valence electrons. The quantitative estimate of drug-likeness (QED) is 0.874. The average molecular weight is 346 g/mol. The fraction of sp³-hybridized carbons (Fsp3) is 0.286. The van der Waals surface area contributed by atoms with Crippen LogP contribution in [-0.4, -0.2) is 13.5 Å². The highest BCUT2D eigenvalue weighted by molar-refractivity contribution is 7.89. The number of aliphatic hydroxyl groups is 1. The summed E-state index contributed by atoms with van der Waals surface area (Å²) in [5.74, 6) is 0. The van der Waals surface area contributed by atoms with Gasteiger partial charge in [0.15, 0.2) is 0 Å². The minimum absolute atomic E-state index is 0.0995. The standard InChI is InChI=1S/C14H16ClNO3S2/c1-9-11(8-17)6-12(15)7-14(9)21(18,19)16-10(2)13-4-3-5-20-13/h3-7,10,16-17H,8H2,1-2H3. The maximum absolute atomic E-state index is 12.5. The first kappa shape index (κ1) is 16.5. The van der Waals surface area contributed by atoms with Crippen LogP contribution in [0.25, 0.3) is 0 Å². The third-order valence-electron chi connectivity index (χ3n) is 3.19. The van der Waals surface area contributed by atoms with Crippen molar-refractivity contribution in [3.05, 3.63) is 50.7 Å². The van der Waals surface area contributed by atoms with Crippen LogP contribution in [-0.2, 0) is 16.6 Å². The van der Waals surface area contributed by atoms with Crippen molar-refractivity contribution in [1.82, 2.24) is 4.72 Å². The number of aliphatic hydroxyl groups excluding tert-OH is 1. The monoisotopic (exact) mass is 345 g/mol. The van der Waals surface area contributed by atoms with Crippen molar-refractivity contribution in [2.45, 2.75) is 31.4 Å². The minimum Gasteiger partial charge on any atom is -0.392 e. The van der Waals surface area contributed by atoms with E-state index in [9.17, 15) is 13.5 Å². The summed E-state index contributed by atoms with van der Waals surface area (Å²) in [5, 5.41) is 11.5. The van der Waals surface area contributed by atoms with E-state index in [-0.39, 0.29) is 22.6 Å². The Balaban J connectivity index is 2.38. The lowest BCUT2D eigenvalue weighted by molar-refractivity contribution is 0.280. The summed E-state index contributed by atoms with van der Waals surface area (Å²) in [6.45, 7) is 3.19. The maximum Gasteiger partial charge on any atom is 0.241 e. The summed E-state index contributed by atoms with van der Waals surface area (Å²) in [5.41, 5.74) is 1.01. The van der Waals surface area contributed by atoms with Crippen molar-refractivity contribution < 1.29 is 13.5 Å². The van der Waals surface area contributed by atoms with Crippen LogP contribution in [0.4, 0.5) is 0 Å². The van der Waals surface area contributed by atoms with E-state index in [1.165, 1.54) is 17.4 Å². The zero-order valence-electron chi connectivity index (χ0n) is 11.6. The molecule has 0 bridgehead atoms. The van der Waals surface area contributed by atoms with Crippen LogP contribution in [0.5, 0.6) is 0 Å². The highest BCUT2D eigenvalue weighted by Gasteiger charge is 2.22. The Morgan fingerprint density at radius 2 is 2.14 bits per heavy atom. The summed E-state index contributed by atoms with van der Waals surface area (Å²) < 4.78 is 27.7. The molecule has 4 nitrogen and oxygen atoms in total. The van der Waals surface area contributed by atoms with E-state index in [2.05, 4.69) is 4.72 Å². The summed E-state index contributed by atoms with van der Waals surface area (Å²) in [7, 11) is -3.71. The molecule has 2 aromatic rings. The molecule has 0 radical (unpaired) electrons. The predicted octanol–water partition coefficient (Wildman–Crippen LogP) is 3.24. The Bertz CT molecular complexity index is 727. The van der Waals surface area contributed by atoms with E-state index in [1.807, 2.05) is 17.5 Å². The van der Waals surface area contributed by atoms with Gasteiger partial charge in [-0.1, -0.05) is 17.7 Å². The molecule has 1 aromatic carbocycles. The molecule has 0 aliphatic heterocycles. The highest BCUT2D eigenvalue weighted by atomic mass is 35.5. The Kier molecular flexibility index (Phi) is 5.06. The molecule has 1 atom stereocenters. The van der Waals surface area contributed by atoms with E-state index < -0.39 is 10.0 Å². The molecule has 2 rings (SSSR count). The molecule has 7 heteroatoms. The molecule has 0 aliphatic carbocycles. The SMILES string of the molecule is Cc1c(CO)cc(Cl)cc1S(=O)(=O)NC(C)c1cccs1. The van der Waals surface area contributed by atoms with Crippen molar-refractivity contribution in [3.8, 4) is 0 Å². The fourth-order valence-corrected chi connectivity index (χ4v) is 4.69. The second kappa shape index (κ2) is 6.46. The van der Waals surface area contributed by atoms with Crippen LogP contribution in [0.15, 0.2) is 34.5 Å². The van der Waals surface area contributed by atoms with Gasteiger partial charge in [0, 0.05) is 9.90 Å². The van der Waals surface area contributed by atoms with Gasteiger partial charge in [0.05, 0.1) is 17.5 Å². The Labute approximate surface area is 133 Å². The fourth-order valence-electron chi connectivity index (χ4n) is 2.04. The molecule has 0 aliphatic rings. The van der Waals surface area contributed by atoms with Gasteiger partial charge in [-0.2, -0.15) is 0 Å². The van der Waals surface area contributed by atoms with Gasteiger partial charge >= 0.3 is 0 Å². The van der Waals surface area contributed by atoms with E-state index in [0.717, 1.165) is 4.88 Å². The number of hydrogen-bond donors (Lipinski definition) is 2. The first-order chi connectivity index (χ1) is 9.85. The van der Waals surface area contributed by atoms with Gasteiger partial charge in [0.1, 0.15) is 0 Å². The van der Waals surface area contributed by atoms with Crippen molar-refractivity contribution in [3.63, 3.8) is 0 Å². The van der Waals surface area contributed by atoms with Gasteiger partial charge in [-0.15, -0.1) is 11.3 Å². The predicted molar refractivity (Wildman–Crippen MR) is 85.2 cm³/mol. The van der Waals surface area contributed by atoms with Crippen molar-refractivity contribution in [2.24, 2.45) is 0 Å². The largest absolute Gasteiger partial charge is 0.392 e. The lowest BCUT2D eigenvalue weighted by Gasteiger charge is -2.16. The number of nitrogens with one attached hydrogen (secondary N) is 1. The second-order valence-electron chi connectivity index (χ2n) is 4.70. The number of rotatable bonds is 5. The van der Waals surface area contributed by atoms with Gasteiger partial charge in [-0.25, -0.2) is 13.1 Å². The molecule has 0 saturated carbocycles. The first-order valence-electron chi connectivity index (χ1n) is 6.30. The van der Waals surface area contributed by atoms with Gasteiger partial charge in [0.2, 0.25) is 10.0 Å². The Hall–Kier alpha value is -0.920. The number of benzene rings is 1. The van der Waals surface area contributed by atoms with E-state index in [0.29, 0.717) is 11.1 Å². The average Bonchev–Trinajstić information content (AvgIpc) is 2.94. The molecular formula is C14H16ClNO3S2. The first-order valence-corrected chi connectivity index (χ1v) is 9.05. The van der Waals surface area contributed by atoms with Crippen LogP contribution >= 0.6 is 22.9 Å². The molecule has 2 N–H and O–H groups in total. The lowest BCUT2D eigenvalue weighted by Crippen LogP contribution is -2.27. The second-order valence-corrected chi connectivity index (χ2v) is 7.80. The molecule has 1 heterocycles. The third kappa shape index (κ3) is 3.64. The Morgan fingerprint density at radius 1 is 1.43 bits per heavy atom. The zero-order chi connectivity index (χ0) is 15.6. The minimum atomic E-state index is -3.71. The summed E-state index contributed by atoms with van der Waals surface area (Å²) >= 11 is 7.43. The number of halogens is 1. The third-order valence-corrected chi connectivity index (χ3v) is 6.13. The molecule has 21 heavy (non-hydrogen) atoms. The van der Waals surface area contributed by atoms with Crippen molar-refractivity contribution >= 4 is 33.0 Å². The summed E-state index contributed by atoms with van der Waals surface area (Å²) in [4.78, 5) is 1.03. The number of thiophene rings is 1. The summed E-state index contributed by atoms with van der Waals surface area (Å²) in [6.07, 6.45) is 0. The maximum atomic E-state index is 12.5. The Morgan fingerprint density at radius 3 is 2.71 bits per heavy atom. The van der Waals surface area contributed by atoms with Gasteiger partial charge in [0.25, 0.3) is 0 Å². The molecule has 0 saturated heterocycles. The zero-order valence-corrected chi connectivity index (χ0v) is 14.0. The van der Waals surface area contributed by atoms with Crippen LogP contribution in [0.3, 0.4) is 0 Å². The van der Waals surface area contributed by atoms with Crippen LogP contribution in [0.1, 0.15) is 29.0 Å². The van der Waals surface area contributed by atoms with Crippen molar-refractivity contribution in [2.75, 3.05) is 0 Å². The highest BCUT2D eigenvalue weighted by Crippen LogP contribution is 2.27. The van der Waals surface area contributed by atoms with E-state index in [4.69, 9.17) is 11.6 Å². The summed E-state index contributed by atoms with van der Waals surface area (Å²) in [6, 6.07) is 6.39. The van der Waals surface area contributed by atoms with Crippen LogP contribution in [0.2, 0.25) is 5.02 Å². The topological polar surface area (TPSA) is 66.4 Å². The van der Waals surface area contributed by atoms with Crippen LogP contribution < -0.4 is 4.72 Å². The molecular weight excluding hydrogens is 330 g/mol. The van der Waals surface area contributed by atoms with E-state index >= 15 is 0 Å². The molecule has 0 amide bonds. The smallest absolute Gasteiger partial charge is 0.241 e. The van der Waals surface area contributed by atoms with Crippen molar-refractivity contribution in [1.29, 1.82) is 0 Å². The number of sulfonamides is 1. The molecule has 1 unspecified atom stereocenters. The van der Waals surface area contributed by atoms with Gasteiger partial charge < -0.3 is 5.11 Å². The van der Waals surface area contributed by atoms with Crippen LogP contribution in [0, 0.1) is 6.92 Å². The molecule has 0 fully saturated rings.